The zero-order valence-corrected chi connectivity index (χ0v) is 15.6. The van der Waals surface area contributed by atoms with Crippen molar-refractivity contribution in [3.8, 4) is 16.9 Å². The summed E-state index contributed by atoms with van der Waals surface area (Å²) >= 11 is 0. The van der Waals surface area contributed by atoms with Crippen molar-refractivity contribution >= 4 is 11.8 Å². The van der Waals surface area contributed by atoms with Gasteiger partial charge in [-0.25, -0.2) is 4.68 Å². The van der Waals surface area contributed by atoms with Gasteiger partial charge in [0.05, 0.1) is 11.3 Å². The van der Waals surface area contributed by atoms with Crippen molar-refractivity contribution in [2.24, 2.45) is 5.92 Å². The smallest absolute Gasteiger partial charge is 0.273 e. The number of hydrazine groups is 1. The lowest BCUT2D eigenvalue weighted by atomic mass is 10.1. The molecular formula is C21H22N4O2. The predicted molar refractivity (Wildman–Crippen MR) is 104 cm³/mol. The second-order valence-corrected chi connectivity index (χ2v) is 6.64. The topological polar surface area (TPSA) is 76.0 Å². The highest BCUT2D eigenvalue weighted by Crippen LogP contribution is 2.24. The van der Waals surface area contributed by atoms with Crippen molar-refractivity contribution in [2.75, 3.05) is 0 Å². The fraction of sp³-hybridized carbons (Fsp3) is 0.190. The van der Waals surface area contributed by atoms with Crippen LogP contribution in [0.2, 0.25) is 0 Å². The van der Waals surface area contributed by atoms with Gasteiger partial charge >= 0.3 is 0 Å². The molecule has 0 unspecified atom stereocenters. The van der Waals surface area contributed by atoms with Crippen LogP contribution in [0.4, 0.5) is 0 Å². The Morgan fingerprint density at radius 1 is 0.963 bits per heavy atom. The first-order valence-corrected chi connectivity index (χ1v) is 8.78. The molecule has 27 heavy (non-hydrogen) atoms. The van der Waals surface area contributed by atoms with Gasteiger partial charge in [-0.15, -0.1) is 0 Å². The molecule has 0 spiro atoms. The number of carbonyl (C=O) groups is 2. The van der Waals surface area contributed by atoms with Gasteiger partial charge in [0, 0.05) is 17.7 Å². The number of nitrogens with zero attached hydrogens (tertiary/aromatic N) is 2. The molecular weight excluding hydrogens is 340 g/mol. The molecule has 6 heteroatoms. The van der Waals surface area contributed by atoms with Crippen LogP contribution in [0.15, 0.2) is 60.8 Å². The van der Waals surface area contributed by atoms with Crippen LogP contribution < -0.4 is 10.9 Å². The van der Waals surface area contributed by atoms with Gasteiger partial charge in [0.2, 0.25) is 5.91 Å². The first-order valence-electron chi connectivity index (χ1n) is 8.78. The number of nitrogens with one attached hydrogen (secondary N) is 2. The van der Waals surface area contributed by atoms with Crippen molar-refractivity contribution < 1.29 is 9.59 Å². The van der Waals surface area contributed by atoms with E-state index in [0.717, 1.165) is 16.8 Å². The molecule has 1 heterocycles. The number of hydrogen-bond donors (Lipinski definition) is 2. The third-order valence-corrected chi connectivity index (χ3v) is 4.13. The van der Waals surface area contributed by atoms with E-state index < -0.39 is 5.91 Å². The van der Waals surface area contributed by atoms with E-state index in [-0.39, 0.29) is 11.8 Å². The maximum Gasteiger partial charge on any atom is 0.273 e. The highest BCUT2D eigenvalue weighted by molar-refractivity contribution is 6.00. The number of para-hydroxylation sites is 1. The van der Waals surface area contributed by atoms with Crippen LogP contribution in [-0.4, -0.2) is 21.6 Å². The first-order chi connectivity index (χ1) is 13.0. The van der Waals surface area contributed by atoms with Gasteiger partial charge < -0.3 is 0 Å². The molecule has 3 aromatic rings. The monoisotopic (exact) mass is 362 g/mol. The molecule has 0 aliphatic rings. The molecule has 2 aromatic carbocycles. The molecule has 0 aliphatic carbocycles. The molecule has 0 radical (unpaired) electrons. The number of hydrogen-bond acceptors (Lipinski definition) is 3. The van der Waals surface area contributed by atoms with E-state index in [1.54, 1.807) is 24.7 Å². The SMILES string of the molecule is Cc1ccc(-c2nn(-c3ccccc3)cc2C(=O)NNC(=O)C(C)C)cc1. The fourth-order valence-electron chi connectivity index (χ4n) is 2.51. The van der Waals surface area contributed by atoms with E-state index in [4.69, 9.17) is 0 Å². The van der Waals surface area contributed by atoms with Crippen LogP contribution in [0.5, 0.6) is 0 Å². The fourth-order valence-corrected chi connectivity index (χ4v) is 2.51. The molecule has 6 nitrogen and oxygen atoms in total. The predicted octanol–water partition coefficient (Wildman–Crippen LogP) is 3.26. The van der Waals surface area contributed by atoms with E-state index in [1.165, 1.54) is 0 Å². The number of rotatable bonds is 4. The van der Waals surface area contributed by atoms with Gasteiger partial charge in [0.25, 0.3) is 5.91 Å². The first kappa shape index (κ1) is 18.4. The second kappa shape index (κ2) is 7.86. The highest BCUT2D eigenvalue weighted by atomic mass is 16.2. The molecule has 2 N–H and O–H groups in total. The van der Waals surface area contributed by atoms with Crippen molar-refractivity contribution in [3.63, 3.8) is 0 Å². The molecule has 1 aromatic heterocycles. The van der Waals surface area contributed by atoms with Gasteiger partial charge in [-0.3, -0.25) is 20.4 Å². The van der Waals surface area contributed by atoms with Crippen LogP contribution in [0.1, 0.15) is 29.8 Å². The summed E-state index contributed by atoms with van der Waals surface area (Å²) in [5, 5.41) is 4.61. The Kier molecular flexibility index (Phi) is 5.35. The summed E-state index contributed by atoms with van der Waals surface area (Å²) in [6, 6.07) is 17.4. The number of benzene rings is 2. The maximum atomic E-state index is 12.7. The van der Waals surface area contributed by atoms with Crippen LogP contribution in [0.25, 0.3) is 16.9 Å². The normalized spacial score (nSPS) is 10.7. The minimum absolute atomic E-state index is 0.228. The van der Waals surface area contributed by atoms with Gasteiger partial charge in [-0.1, -0.05) is 61.9 Å². The van der Waals surface area contributed by atoms with Gasteiger partial charge in [0.1, 0.15) is 5.69 Å². The van der Waals surface area contributed by atoms with Crippen LogP contribution in [0.3, 0.4) is 0 Å². The Labute approximate surface area is 158 Å². The molecule has 0 fully saturated rings. The third kappa shape index (κ3) is 4.23. The van der Waals surface area contributed by atoms with E-state index in [2.05, 4.69) is 16.0 Å². The number of aryl methyl sites for hydroxylation is 1. The van der Waals surface area contributed by atoms with Crippen LogP contribution in [-0.2, 0) is 4.79 Å². The number of carbonyl (C=O) groups excluding carboxylic acids is 2. The minimum atomic E-state index is -0.415. The Balaban J connectivity index is 1.97. The summed E-state index contributed by atoms with van der Waals surface area (Å²) in [5.41, 5.74) is 8.64. The zero-order valence-electron chi connectivity index (χ0n) is 15.6. The molecule has 0 aliphatic heterocycles. The Morgan fingerprint density at radius 2 is 1.63 bits per heavy atom. The molecule has 2 amide bonds. The quantitative estimate of drug-likeness (QED) is 0.700. The summed E-state index contributed by atoms with van der Waals surface area (Å²) in [4.78, 5) is 24.4. The van der Waals surface area contributed by atoms with Crippen LogP contribution in [0, 0.1) is 12.8 Å². The zero-order chi connectivity index (χ0) is 19.4. The van der Waals surface area contributed by atoms with E-state index in [9.17, 15) is 9.59 Å². The van der Waals surface area contributed by atoms with Crippen LogP contribution >= 0.6 is 0 Å². The summed E-state index contributed by atoms with van der Waals surface area (Å²) in [7, 11) is 0. The average molecular weight is 362 g/mol. The van der Waals surface area contributed by atoms with E-state index in [0.29, 0.717) is 11.3 Å². The Bertz CT molecular complexity index is 944. The molecule has 0 bridgehead atoms. The lowest BCUT2D eigenvalue weighted by Gasteiger charge is -2.09. The lowest BCUT2D eigenvalue weighted by Crippen LogP contribution is -2.43. The van der Waals surface area contributed by atoms with Gasteiger partial charge in [-0.2, -0.15) is 5.10 Å². The Morgan fingerprint density at radius 3 is 2.26 bits per heavy atom. The molecule has 0 saturated carbocycles. The molecule has 3 rings (SSSR count). The second-order valence-electron chi connectivity index (χ2n) is 6.64. The lowest BCUT2D eigenvalue weighted by molar-refractivity contribution is -0.124. The molecule has 0 atom stereocenters. The van der Waals surface area contributed by atoms with Crippen molar-refractivity contribution in [2.45, 2.75) is 20.8 Å². The van der Waals surface area contributed by atoms with Gasteiger partial charge in [-0.05, 0) is 19.1 Å². The number of amides is 2. The van der Waals surface area contributed by atoms with E-state index >= 15 is 0 Å². The third-order valence-electron chi connectivity index (χ3n) is 4.13. The largest absolute Gasteiger partial charge is 0.273 e. The number of aromatic nitrogens is 2. The van der Waals surface area contributed by atoms with Crippen molar-refractivity contribution in [1.82, 2.24) is 20.6 Å². The van der Waals surface area contributed by atoms with Crippen molar-refractivity contribution in [1.29, 1.82) is 0 Å². The Hall–Kier alpha value is -3.41. The van der Waals surface area contributed by atoms with E-state index in [1.807, 2.05) is 61.5 Å². The minimum Gasteiger partial charge on any atom is -0.273 e. The molecule has 138 valence electrons. The summed E-state index contributed by atoms with van der Waals surface area (Å²) in [6.07, 6.45) is 1.67. The average Bonchev–Trinajstić information content (AvgIpc) is 3.12. The van der Waals surface area contributed by atoms with Gasteiger partial charge in [0.15, 0.2) is 0 Å². The standard InChI is InChI=1S/C21H22N4O2/c1-14(2)20(26)22-23-21(27)18-13-25(17-7-5-4-6-8-17)24-19(18)16-11-9-15(3)10-12-16/h4-14H,1-3H3,(H,22,26)(H,23,27). The molecule has 0 saturated heterocycles. The summed E-state index contributed by atoms with van der Waals surface area (Å²) < 4.78 is 1.66. The highest BCUT2D eigenvalue weighted by Gasteiger charge is 2.19. The summed E-state index contributed by atoms with van der Waals surface area (Å²) in [5.74, 6) is -0.897. The maximum absolute atomic E-state index is 12.7. The van der Waals surface area contributed by atoms with Crippen molar-refractivity contribution in [3.05, 3.63) is 71.9 Å². The summed E-state index contributed by atoms with van der Waals surface area (Å²) in [6.45, 7) is 5.51.